The third-order valence-corrected chi connectivity index (χ3v) is 3.19. The zero-order valence-electron chi connectivity index (χ0n) is 11.3. The average molecular weight is 273 g/mol. The van der Waals surface area contributed by atoms with Crippen LogP contribution in [0.5, 0.6) is 11.5 Å². The van der Waals surface area contributed by atoms with Crippen molar-refractivity contribution in [2.24, 2.45) is 5.73 Å². The van der Waals surface area contributed by atoms with Crippen LogP contribution in [0, 0.1) is 11.3 Å². The highest BCUT2D eigenvalue weighted by Gasteiger charge is 2.29. The van der Waals surface area contributed by atoms with Crippen LogP contribution in [0.15, 0.2) is 29.6 Å². The van der Waals surface area contributed by atoms with E-state index in [9.17, 15) is 4.79 Å². The molecule has 1 aromatic carbocycles. The fourth-order valence-corrected chi connectivity index (χ4v) is 2.06. The number of carbonyl (C=O) groups is 1. The van der Waals surface area contributed by atoms with E-state index in [1.807, 2.05) is 12.1 Å². The van der Waals surface area contributed by atoms with Crippen LogP contribution in [0.4, 0.5) is 0 Å². The monoisotopic (exact) mass is 273 g/mol. The standard InChI is InChI=1S/C14H15N3O3/c1-19-11-4-3-9(12(6-11)20-2)8-17-13(18)5-10(7-15)14(17)16/h3-4,6H,5,8,16H2,1-2H3. The van der Waals surface area contributed by atoms with E-state index in [1.165, 1.54) is 4.90 Å². The summed E-state index contributed by atoms with van der Waals surface area (Å²) in [6.45, 7) is 0.267. The van der Waals surface area contributed by atoms with Gasteiger partial charge in [-0.25, -0.2) is 0 Å². The van der Waals surface area contributed by atoms with E-state index in [1.54, 1.807) is 26.4 Å². The first-order valence-corrected chi connectivity index (χ1v) is 6.00. The largest absolute Gasteiger partial charge is 0.497 e. The Bertz CT molecular complexity index is 617. The summed E-state index contributed by atoms with van der Waals surface area (Å²) in [6.07, 6.45) is 0.0564. The highest BCUT2D eigenvalue weighted by molar-refractivity contribution is 5.85. The molecule has 0 aromatic heterocycles. The van der Waals surface area contributed by atoms with Gasteiger partial charge in [-0.3, -0.25) is 9.69 Å². The van der Waals surface area contributed by atoms with Gasteiger partial charge in [0.05, 0.1) is 38.8 Å². The Kier molecular flexibility index (Phi) is 3.80. The van der Waals surface area contributed by atoms with Crippen molar-refractivity contribution in [3.05, 3.63) is 35.2 Å². The van der Waals surface area contributed by atoms with Crippen molar-refractivity contribution in [3.8, 4) is 17.6 Å². The molecule has 0 aliphatic carbocycles. The lowest BCUT2D eigenvalue weighted by atomic mass is 10.1. The molecule has 0 unspecified atom stereocenters. The minimum Gasteiger partial charge on any atom is -0.497 e. The smallest absolute Gasteiger partial charge is 0.233 e. The number of amides is 1. The molecular weight excluding hydrogens is 258 g/mol. The molecule has 6 heteroatoms. The maximum absolute atomic E-state index is 11.9. The van der Waals surface area contributed by atoms with Gasteiger partial charge >= 0.3 is 0 Å². The van der Waals surface area contributed by atoms with Crippen molar-refractivity contribution in [1.82, 2.24) is 4.90 Å². The lowest BCUT2D eigenvalue weighted by Crippen LogP contribution is -2.28. The van der Waals surface area contributed by atoms with E-state index in [-0.39, 0.29) is 24.7 Å². The molecule has 0 saturated carbocycles. The number of ether oxygens (including phenoxy) is 2. The number of hydrogen-bond acceptors (Lipinski definition) is 5. The number of hydrogen-bond donors (Lipinski definition) is 1. The molecule has 0 bridgehead atoms. The van der Waals surface area contributed by atoms with Crippen molar-refractivity contribution >= 4 is 5.91 Å². The Labute approximate surface area is 117 Å². The second kappa shape index (κ2) is 5.53. The Morgan fingerprint density at radius 2 is 2.15 bits per heavy atom. The molecule has 0 fully saturated rings. The van der Waals surface area contributed by atoms with Gasteiger partial charge in [0.25, 0.3) is 0 Å². The molecule has 1 heterocycles. The molecule has 104 valence electrons. The van der Waals surface area contributed by atoms with Gasteiger partial charge in [0.15, 0.2) is 0 Å². The Hall–Kier alpha value is -2.68. The van der Waals surface area contributed by atoms with Crippen LogP contribution >= 0.6 is 0 Å². The maximum atomic E-state index is 11.9. The van der Waals surface area contributed by atoms with Crippen LogP contribution in [-0.2, 0) is 11.3 Å². The van der Waals surface area contributed by atoms with E-state index in [4.69, 9.17) is 20.5 Å². The predicted molar refractivity (Wildman–Crippen MR) is 71.5 cm³/mol. The molecule has 20 heavy (non-hydrogen) atoms. The molecule has 1 amide bonds. The predicted octanol–water partition coefficient (Wildman–Crippen LogP) is 1.13. The lowest BCUT2D eigenvalue weighted by molar-refractivity contribution is -0.127. The van der Waals surface area contributed by atoms with Crippen LogP contribution in [0.25, 0.3) is 0 Å². The summed E-state index contributed by atoms with van der Waals surface area (Å²) in [7, 11) is 3.11. The quantitative estimate of drug-likeness (QED) is 0.888. The molecular formula is C14H15N3O3. The Morgan fingerprint density at radius 1 is 1.40 bits per heavy atom. The van der Waals surface area contributed by atoms with Gasteiger partial charge in [-0.15, -0.1) is 0 Å². The summed E-state index contributed by atoms with van der Waals surface area (Å²) >= 11 is 0. The fraction of sp³-hybridized carbons (Fsp3) is 0.286. The molecule has 0 atom stereocenters. The van der Waals surface area contributed by atoms with E-state index >= 15 is 0 Å². The van der Waals surface area contributed by atoms with Gasteiger partial charge in [-0.1, -0.05) is 0 Å². The van der Waals surface area contributed by atoms with Crippen molar-refractivity contribution in [2.45, 2.75) is 13.0 Å². The number of rotatable bonds is 4. The summed E-state index contributed by atoms with van der Waals surface area (Å²) in [5.41, 5.74) is 6.92. The number of benzene rings is 1. The number of nitrogens with two attached hydrogens (primary N) is 1. The Morgan fingerprint density at radius 3 is 2.70 bits per heavy atom. The van der Waals surface area contributed by atoms with E-state index < -0.39 is 0 Å². The summed E-state index contributed by atoms with van der Waals surface area (Å²) in [5.74, 6) is 1.31. The topological polar surface area (TPSA) is 88.6 Å². The second-order valence-electron chi connectivity index (χ2n) is 4.31. The van der Waals surface area contributed by atoms with E-state index in [2.05, 4.69) is 0 Å². The van der Waals surface area contributed by atoms with Gasteiger partial charge in [0.1, 0.15) is 17.3 Å². The molecule has 2 rings (SSSR count). The van der Waals surface area contributed by atoms with Gasteiger partial charge < -0.3 is 15.2 Å². The highest BCUT2D eigenvalue weighted by Crippen LogP contribution is 2.29. The first-order chi connectivity index (χ1) is 9.60. The maximum Gasteiger partial charge on any atom is 0.233 e. The van der Waals surface area contributed by atoms with Crippen molar-refractivity contribution in [2.75, 3.05) is 14.2 Å². The molecule has 0 radical (unpaired) electrons. The van der Waals surface area contributed by atoms with Crippen molar-refractivity contribution < 1.29 is 14.3 Å². The van der Waals surface area contributed by atoms with Gasteiger partial charge in [0.2, 0.25) is 5.91 Å². The minimum atomic E-state index is -0.183. The molecule has 0 spiro atoms. The molecule has 1 aliphatic heterocycles. The minimum absolute atomic E-state index is 0.0564. The molecule has 1 aliphatic rings. The van der Waals surface area contributed by atoms with Crippen LogP contribution in [-0.4, -0.2) is 25.0 Å². The number of methoxy groups -OCH3 is 2. The van der Waals surface area contributed by atoms with Gasteiger partial charge in [0, 0.05) is 11.6 Å². The third kappa shape index (κ3) is 2.38. The first kappa shape index (κ1) is 13.7. The number of nitrogens with zero attached hydrogens (tertiary/aromatic N) is 2. The average Bonchev–Trinajstić information content (AvgIpc) is 2.74. The van der Waals surface area contributed by atoms with E-state index in [0.29, 0.717) is 17.1 Å². The zero-order chi connectivity index (χ0) is 14.7. The van der Waals surface area contributed by atoms with E-state index in [0.717, 1.165) is 5.56 Å². The van der Waals surface area contributed by atoms with Crippen LogP contribution in [0.1, 0.15) is 12.0 Å². The SMILES string of the molecule is COc1ccc(CN2C(=O)CC(C#N)=C2N)c(OC)c1. The summed E-state index contributed by atoms with van der Waals surface area (Å²) in [5, 5.41) is 8.90. The number of carbonyl (C=O) groups excluding carboxylic acids is 1. The molecule has 1 aromatic rings. The summed E-state index contributed by atoms with van der Waals surface area (Å²) < 4.78 is 10.4. The Balaban J connectivity index is 2.29. The van der Waals surface area contributed by atoms with Gasteiger partial charge in [-0.2, -0.15) is 5.26 Å². The van der Waals surface area contributed by atoms with Crippen LogP contribution in [0.2, 0.25) is 0 Å². The van der Waals surface area contributed by atoms with Crippen molar-refractivity contribution in [3.63, 3.8) is 0 Å². The highest BCUT2D eigenvalue weighted by atomic mass is 16.5. The zero-order valence-corrected chi connectivity index (χ0v) is 11.3. The molecule has 2 N–H and O–H groups in total. The van der Waals surface area contributed by atoms with Crippen LogP contribution < -0.4 is 15.2 Å². The third-order valence-electron chi connectivity index (χ3n) is 3.19. The van der Waals surface area contributed by atoms with Gasteiger partial charge in [-0.05, 0) is 12.1 Å². The summed E-state index contributed by atoms with van der Waals surface area (Å²) in [6, 6.07) is 7.27. The molecule has 6 nitrogen and oxygen atoms in total. The first-order valence-electron chi connectivity index (χ1n) is 6.00. The fourth-order valence-electron chi connectivity index (χ4n) is 2.06. The molecule has 0 saturated heterocycles. The lowest BCUT2D eigenvalue weighted by Gasteiger charge is -2.19. The normalized spacial score (nSPS) is 14.4. The van der Waals surface area contributed by atoms with Crippen LogP contribution in [0.3, 0.4) is 0 Å². The summed E-state index contributed by atoms with van der Waals surface area (Å²) in [4.78, 5) is 13.3. The number of nitriles is 1. The second-order valence-corrected chi connectivity index (χ2v) is 4.31. The van der Waals surface area contributed by atoms with Crippen molar-refractivity contribution in [1.29, 1.82) is 5.26 Å².